The highest BCUT2D eigenvalue weighted by Gasteiger charge is 2.19. The molecular formula is C69H114O6. The summed E-state index contributed by atoms with van der Waals surface area (Å²) in [6.45, 7) is 6.36. The van der Waals surface area contributed by atoms with Crippen LogP contribution in [-0.4, -0.2) is 37.2 Å². The van der Waals surface area contributed by atoms with Gasteiger partial charge >= 0.3 is 17.9 Å². The Morgan fingerprint density at radius 2 is 0.520 bits per heavy atom. The van der Waals surface area contributed by atoms with Gasteiger partial charge in [-0.05, 0) is 109 Å². The van der Waals surface area contributed by atoms with Crippen LogP contribution in [0, 0.1) is 0 Å². The minimum atomic E-state index is -0.789. The molecule has 0 fully saturated rings. The number of rotatable bonds is 55. The summed E-state index contributed by atoms with van der Waals surface area (Å²) in [6.07, 6.45) is 86.5. The van der Waals surface area contributed by atoms with E-state index in [4.69, 9.17) is 14.2 Å². The van der Waals surface area contributed by atoms with Crippen molar-refractivity contribution in [1.82, 2.24) is 0 Å². The van der Waals surface area contributed by atoms with Crippen LogP contribution in [0.15, 0.2) is 122 Å². The first-order valence-electron chi connectivity index (χ1n) is 31.0. The van der Waals surface area contributed by atoms with Crippen LogP contribution in [-0.2, 0) is 28.6 Å². The lowest BCUT2D eigenvalue weighted by atomic mass is 10.0. The van der Waals surface area contributed by atoms with Crippen LogP contribution < -0.4 is 0 Å². The molecule has 0 aromatic heterocycles. The third-order valence-electron chi connectivity index (χ3n) is 13.0. The van der Waals surface area contributed by atoms with E-state index in [1.54, 1.807) is 0 Å². The van der Waals surface area contributed by atoms with E-state index in [1.165, 1.54) is 96.3 Å². The Morgan fingerprint density at radius 1 is 0.280 bits per heavy atom. The molecule has 0 rings (SSSR count). The Hall–Kier alpha value is -4.19. The number of hydrogen-bond donors (Lipinski definition) is 0. The molecule has 0 radical (unpaired) electrons. The van der Waals surface area contributed by atoms with E-state index >= 15 is 0 Å². The Balaban J connectivity index is 4.17. The summed E-state index contributed by atoms with van der Waals surface area (Å²) in [6, 6.07) is 0. The third kappa shape index (κ3) is 60.6. The van der Waals surface area contributed by atoms with Crippen LogP contribution in [0.2, 0.25) is 0 Å². The molecule has 0 saturated heterocycles. The van der Waals surface area contributed by atoms with Gasteiger partial charge in [0.25, 0.3) is 0 Å². The average molecular weight is 1040 g/mol. The fraction of sp³-hybridized carbons (Fsp3) is 0.667. The number of hydrogen-bond acceptors (Lipinski definition) is 6. The Labute approximate surface area is 462 Å². The number of carbonyl (C=O) groups excluding carboxylic acids is 3. The van der Waals surface area contributed by atoms with Crippen LogP contribution >= 0.6 is 0 Å². The lowest BCUT2D eigenvalue weighted by Gasteiger charge is -2.18. The first kappa shape index (κ1) is 70.8. The van der Waals surface area contributed by atoms with Crippen LogP contribution in [0.5, 0.6) is 0 Å². The summed E-state index contributed by atoms with van der Waals surface area (Å²) in [5, 5.41) is 0. The third-order valence-corrected chi connectivity index (χ3v) is 13.0. The van der Waals surface area contributed by atoms with Gasteiger partial charge in [-0.3, -0.25) is 14.4 Å². The first-order valence-corrected chi connectivity index (χ1v) is 31.0. The van der Waals surface area contributed by atoms with Crippen molar-refractivity contribution in [3.63, 3.8) is 0 Å². The first-order chi connectivity index (χ1) is 37.0. The SMILES string of the molecule is CC/C=C\C/C=C\C/C=C\C/C=C\C/C=C\CCCCCCCCCCCCCCCC(=O)OCC(COC(=O)CCCCCCCCC)OC(=O)CCCCCCC/C=C\C/C=C\C/C=C\C/C=C\C/C=C\CC. The maximum atomic E-state index is 12.8. The molecule has 6 heteroatoms. The zero-order chi connectivity index (χ0) is 54.3. The summed E-state index contributed by atoms with van der Waals surface area (Å²) in [5.41, 5.74) is 0. The van der Waals surface area contributed by atoms with E-state index in [2.05, 4.69) is 142 Å². The second kappa shape index (κ2) is 62.4. The van der Waals surface area contributed by atoms with Crippen LogP contribution in [0.25, 0.3) is 0 Å². The van der Waals surface area contributed by atoms with Crippen LogP contribution in [0.1, 0.15) is 278 Å². The number of unbranched alkanes of at least 4 members (excludes halogenated alkanes) is 24. The predicted molar refractivity (Wildman–Crippen MR) is 325 cm³/mol. The van der Waals surface area contributed by atoms with E-state index in [1.807, 2.05) is 0 Å². The second-order valence-corrected chi connectivity index (χ2v) is 20.2. The van der Waals surface area contributed by atoms with Crippen LogP contribution in [0.4, 0.5) is 0 Å². The molecule has 0 N–H and O–H groups in total. The van der Waals surface area contributed by atoms with E-state index in [0.29, 0.717) is 19.3 Å². The van der Waals surface area contributed by atoms with Crippen molar-refractivity contribution in [2.45, 2.75) is 284 Å². The zero-order valence-corrected chi connectivity index (χ0v) is 48.8. The lowest BCUT2D eigenvalue weighted by molar-refractivity contribution is -0.167. The molecule has 0 heterocycles. The molecule has 0 aromatic carbocycles. The minimum Gasteiger partial charge on any atom is -0.462 e. The number of esters is 3. The number of carbonyl (C=O) groups is 3. The Morgan fingerprint density at radius 3 is 0.813 bits per heavy atom. The molecule has 426 valence electrons. The van der Waals surface area contributed by atoms with Gasteiger partial charge in [-0.15, -0.1) is 0 Å². The summed E-state index contributed by atoms with van der Waals surface area (Å²) >= 11 is 0. The smallest absolute Gasteiger partial charge is 0.306 e. The molecular weight excluding hydrogens is 925 g/mol. The van der Waals surface area contributed by atoms with Crippen molar-refractivity contribution in [3.8, 4) is 0 Å². The maximum Gasteiger partial charge on any atom is 0.306 e. The fourth-order valence-electron chi connectivity index (χ4n) is 8.38. The normalized spacial score (nSPS) is 12.9. The van der Waals surface area contributed by atoms with Crippen LogP contribution in [0.3, 0.4) is 0 Å². The van der Waals surface area contributed by atoms with Gasteiger partial charge in [0, 0.05) is 19.3 Å². The fourth-order valence-corrected chi connectivity index (χ4v) is 8.38. The molecule has 0 aliphatic carbocycles. The molecule has 0 bridgehead atoms. The van der Waals surface area contributed by atoms with Crippen molar-refractivity contribution in [3.05, 3.63) is 122 Å². The second-order valence-electron chi connectivity index (χ2n) is 20.2. The highest BCUT2D eigenvalue weighted by Crippen LogP contribution is 2.15. The standard InChI is InChI=1S/C69H114O6/c1-4-7-10-13-16-18-20-22-24-26-28-30-31-32-33-34-35-36-37-39-40-42-44-46-48-50-53-56-59-62-68(71)74-65-66(64-73-67(70)61-58-55-52-15-12-9-6-3)75-69(72)63-60-57-54-51-49-47-45-43-41-38-29-27-25-23-21-19-17-14-11-8-5-2/h7-8,10-11,16-19,22-25,28-30,32-33,38,43,45,66H,4-6,9,12-15,20-21,26-27,31,34-37,39-42,44,46-65H2,1-3H3/b10-7-,11-8-,18-16-,19-17-,24-22-,25-23-,30-28-,33-32-,38-29-,45-43-. The van der Waals surface area contributed by atoms with Crippen molar-refractivity contribution < 1.29 is 28.6 Å². The molecule has 0 saturated carbocycles. The molecule has 0 aromatic rings. The molecule has 1 atom stereocenters. The summed E-state index contributed by atoms with van der Waals surface area (Å²) in [7, 11) is 0. The van der Waals surface area contributed by atoms with Gasteiger partial charge in [0.15, 0.2) is 6.10 Å². The Bertz CT molecular complexity index is 1570. The monoisotopic (exact) mass is 1040 g/mol. The zero-order valence-electron chi connectivity index (χ0n) is 48.8. The molecule has 0 aliphatic heterocycles. The maximum absolute atomic E-state index is 12.8. The van der Waals surface area contributed by atoms with E-state index in [0.717, 1.165) is 141 Å². The minimum absolute atomic E-state index is 0.0867. The van der Waals surface area contributed by atoms with E-state index in [-0.39, 0.29) is 31.1 Å². The molecule has 75 heavy (non-hydrogen) atoms. The summed E-state index contributed by atoms with van der Waals surface area (Å²) in [5.74, 6) is -0.911. The number of allylic oxidation sites excluding steroid dienone is 20. The van der Waals surface area contributed by atoms with Gasteiger partial charge in [0.1, 0.15) is 13.2 Å². The highest BCUT2D eigenvalue weighted by atomic mass is 16.6. The predicted octanol–water partition coefficient (Wildman–Crippen LogP) is 21.2. The van der Waals surface area contributed by atoms with E-state index < -0.39 is 6.10 Å². The summed E-state index contributed by atoms with van der Waals surface area (Å²) < 4.78 is 16.8. The van der Waals surface area contributed by atoms with Gasteiger partial charge in [-0.25, -0.2) is 0 Å². The molecule has 0 aliphatic rings. The topological polar surface area (TPSA) is 78.9 Å². The molecule has 1 unspecified atom stereocenters. The van der Waals surface area contributed by atoms with Gasteiger partial charge in [-0.2, -0.15) is 0 Å². The van der Waals surface area contributed by atoms with Gasteiger partial charge < -0.3 is 14.2 Å². The lowest BCUT2D eigenvalue weighted by Crippen LogP contribution is -2.30. The van der Waals surface area contributed by atoms with Crippen molar-refractivity contribution in [2.75, 3.05) is 13.2 Å². The summed E-state index contributed by atoms with van der Waals surface area (Å²) in [4.78, 5) is 38.1. The quantitative estimate of drug-likeness (QED) is 0.0261. The van der Waals surface area contributed by atoms with Crippen molar-refractivity contribution >= 4 is 17.9 Å². The molecule has 0 spiro atoms. The van der Waals surface area contributed by atoms with Crippen molar-refractivity contribution in [1.29, 1.82) is 0 Å². The van der Waals surface area contributed by atoms with Gasteiger partial charge in [0.2, 0.25) is 0 Å². The Kier molecular flexibility index (Phi) is 58.9. The largest absolute Gasteiger partial charge is 0.462 e. The highest BCUT2D eigenvalue weighted by molar-refractivity contribution is 5.71. The van der Waals surface area contributed by atoms with Gasteiger partial charge in [0.05, 0.1) is 0 Å². The number of ether oxygens (including phenoxy) is 3. The van der Waals surface area contributed by atoms with Gasteiger partial charge in [-0.1, -0.05) is 271 Å². The van der Waals surface area contributed by atoms with E-state index in [9.17, 15) is 14.4 Å². The average Bonchev–Trinajstić information content (AvgIpc) is 3.41. The molecule has 0 amide bonds. The van der Waals surface area contributed by atoms with Crippen molar-refractivity contribution in [2.24, 2.45) is 0 Å². The molecule has 6 nitrogen and oxygen atoms in total.